The first-order valence-corrected chi connectivity index (χ1v) is 8.98. The summed E-state index contributed by atoms with van der Waals surface area (Å²) >= 11 is 0. The molecule has 0 spiro atoms. The summed E-state index contributed by atoms with van der Waals surface area (Å²) in [5.74, 6) is 0. The third-order valence-corrected chi connectivity index (χ3v) is 5.39. The van der Waals surface area contributed by atoms with E-state index in [1.54, 1.807) is 0 Å². The number of amides is 1. The maximum Gasteiger partial charge on any atom is 0.411 e. The lowest BCUT2D eigenvalue weighted by atomic mass is 9.83. The van der Waals surface area contributed by atoms with Gasteiger partial charge in [-0.05, 0) is 49.1 Å². The van der Waals surface area contributed by atoms with Crippen LogP contribution in [0.4, 0.5) is 10.5 Å². The molecule has 0 saturated carbocycles. The van der Waals surface area contributed by atoms with Crippen molar-refractivity contribution >= 4 is 21.8 Å². The summed E-state index contributed by atoms with van der Waals surface area (Å²) in [6.07, 6.45) is 1.44. The molecule has 0 bridgehead atoms. The molecule has 0 aliphatic carbocycles. The molecular formula is C15H23N3O4S. The number of carbonyl (C=O) groups excluding carboxylic acids is 1. The molecule has 1 aromatic carbocycles. The topological polar surface area (TPSA) is 96.5 Å². The highest BCUT2D eigenvalue weighted by Crippen LogP contribution is 2.25. The first-order valence-electron chi connectivity index (χ1n) is 7.50. The van der Waals surface area contributed by atoms with E-state index in [9.17, 15) is 13.2 Å². The molecule has 1 saturated heterocycles. The molecule has 3 N–H and O–H groups in total. The summed E-state index contributed by atoms with van der Waals surface area (Å²) in [7, 11) is -2.31. The lowest BCUT2D eigenvalue weighted by molar-refractivity contribution is 0.187. The van der Waals surface area contributed by atoms with Crippen LogP contribution in [0.5, 0.6) is 0 Å². The van der Waals surface area contributed by atoms with Crippen LogP contribution < -0.4 is 15.4 Å². The van der Waals surface area contributed by atoms with Gasteiger partial charge in [0.1, 0.15) is 0 Å². The second-order valence-corrected chi connectivity index (χ2v) is 7.82. The average Bonchev–Trinajstić information content (AvgIpc) is 2.54. The van der Waals surface area contributed by atoms with Crippen LogP contribution in [-0.2, 0) is 14.8 Å². The highest BCUT2D eigenvalue weighted by Gasteiger charge is 2.28. The highest BCUT2D eigenvalue weighted by atomic mass is 32.2. The summed E-state index contributed by atoms with van der Waals surface area (Å²) in [5, 5.41) is 5.77. The Kier molecular flexibility index (Phi) is 5.61. The smallest absolute Gasteiger partial charge is 0.411 e. The van der Waals surface area contributed by atoms with Gasteiger partial charge in [0, 0.05) is 18.8 Å². The molecule has 1 fully saturated rings. The SMILES string of the molecule is COC(=O)Nc1ccc(S(=O)(=O)NCC2(C)CCCNC2)cc1. The zero-order valence-corrected chi connectivity index (χ0v) is 14.2. The molecule has 0 aromatic heterocycles. The number of ether oxygens (including phenoxy) is 1. The van der Waals surface area contributed by atoms with Crippen molar-refractivity contribution in [3.8, 4) is 0 Å². The zero-order chi connectivity index (χ0) is 16.9. The van der Waals surface area contributed by atoms with E-state index < -0.39 is 16.1 Å². The maximum absolute atomic E-state index is 12.4. The molecule has 1 aliphatic heterocycles. The minimum atomic E-state index is -3.57. The van der Waals surface area contributed by atoms with Gasteiger partial charge in [0.15, 0.2) is 0 Å². The fourth-order valence-corrected chi connectivity index (χ4v) is 3.71. The van der Waals surface area contributed by atoms with Gasteiger partial charge in [0.2, 0.25) is 10.0 Å². The van der Waals surface area contributed by atoms with Gasteiger partial charge < -0.3 is 10.1 Å². The van der Waals surface area contributed by atoms with E-state index in [-0.39, 0.29) is 10.3 Å². The van der Waals surface area contributed by atoms with Gasteiger partial charge in [0.05, 0.1) is 12.0 Å². The van der Waals surface area contributed by atoms with Gasteiger partial charge in [-0.3, -0.25) is 5.32 Å². The number of benzene rings is 1. The van der Waals surface area contributed by atoms with Crippen molar-refractivity contribution in [3.63, 3.8) is 0 Å². The van der Waals surface area contributed by atoms with Crippen LogP contribution >= 0.6 is 0 Å². The van der Waals surface area contributed by atoms with Gasteiger partial charge in [-0.15, -0.1) is 0 Å². The van der Waals surface area contributed by atoms with Gasteiger partial charge in [0.25, 0.3) is 0 Å². The number of nitrogens with one attached hydrogen (secondary N) is 3. The Morgan fingerprint density at radius 2 is 2.04 bits per heavy atom. The predicted octanol–water partition coefficient (Wildman–Crippen LogP) is 1.53. The standard InChI is InChI=1S/C15H23N3O4S/c1-15(8-3-9-16-10-15)11-17-23(20,21)13-6-4-12(5-7-13)18-14(19)22-2/h4-7,16-17H,3,8-11H2,1-2H3,(H,18,19). The van der Waals surface area contributed by atoms with Crippen molar-refractivity contribution in [1.29, 1.82) is 0 Å². The van der Waals surface area contributed by atoms with E-state index in [0.29, 0.717) is 12.2 Å². The van der Waals surface area contributed by atoms with Crippen molar-refractivity contribution in [3.05, 3.63) is 24.3 Å². The second-order valence-electron chi connectivity index (χ2n) is 6.06. The van der Waals surface area contributed by atoms with E-state index in [1.807, 2.05) is 0 Å². The fraction of sp³-hybridized carbons (Fsp3) is 0.533. The van der Waals surface area contributed by atoms with Crippen LogP contribution in [0.1, 0.15) is 19.8 Å². The highest BCUT2D eigenvalue weighted by molar-refractivity contribution is 7.89. The number of piperidine rings is 1. The average molecular weight is 341 g/mol. The van der Waals surface area contributed by atoms with Gasteiger partial charge in [-0.1, -0.05) is 6.92 Å². The molecule has 8 heteroatoms. The minimum absolute atomic E-state index is 0.0717. The van der Waals surface area contributed by atoms with Gasteiger partial charge in [-0.25, -0.2) is 17.9 Å². The lowest BCUT2D eigenvalue weighted by Crippen LogP contribution is -2.45. The molecule has 128 valence electrons. The van der Waals surface area contributed by atoms with Crippen molar-refractivity contribution in [2.45, 2.75) is 24.7 Å². The molecule has 7 nitrogen and oxygen atoms in total. The Labute approximate surface area is 136 Å². The number of hydrogen-bond acceptors (Lipinski definition) is 5. The maximum atomic E-state index is 12.4. The summed E-state index contributed by atoms with van der Waals surface area (Å²) in [6, 6.07) is 5.95. The van der Waals surface area contributed by atoms with E-state index in [2.05, 4.69) is 27.0 Å². The predicted molar refractivity (Wildman–Crippen MR) is 87.9 cm³/mol. The molecule has 23 heavy (non-hydrogen) atoms. The number of hydrogen-bond donors (Lipinski definition) is 3. The normalized spacial score (nSPS) is 21.7. The van der Waals surface area contributed by atoms with E-state index in [4.69, 9.17) is 0 Å². The summed E-state index contributed by atoms with van der Waals surface area (Å²) in [5.41, 5.74) is 0.400. The molecule has 2 rings (SSSR count). The fourth-order valence-electron chi connectivity index (χ4n) is 2.51. The molecule has 1 unspecified atom stereocenters. The van der Waals surface area contributed by atoms with E-state index >= 15 is 0 Å². The lowest BCUT2D eigenvalue weighted by Gasteiger charge is -2.34. The molecule has 1 aromatic rings. The van der Waals surface area contributed by atoms with E-state index in [1.165, 1.54) is 31.4 Å². The van der Waals surface area contributed by atoms with Crippen molar-refractivity contribution in [1.82, 2.24) is 10.0 Å². The number of anilines is 1. The van der Waals surface area contributed by atoms with Crippen LogP contribution in [-0.4, -0.2) is 41.3 Å². The molecular weight excluding hydrogens is 318 g/mol. The Hall–Kier alpha value is -1.64. The van der Waals surface area contributed by atoms with Crippen molar-refractivity contribution in [2.75, 3.05) is 32.1 Å². The Morgan fingerprint density at radius 3 is 2.61 bits per heavy atom. The minimum Gasteiger partial charge on any atom is -0.453 e. The van der Waals surface area contributed by atoms with Crippen LogP contribution in [0.25, 0.3) is 0 Å². The van der Waals surface area contributed by atoms with Crippen LogP contribution in [0.15, 0.2) is 29.2 Å². The summed E-state index contributed by atoms with van der Waals surface area (Å²) in [6.45, 7) is 4.25. The van der Waals surface area contributed by atoms with Crippen LogP contribution in [0, 0.1) is 5.41 Å². The Balaban J connectivity index is 2.00. The number of methoxy groups -OCH3 is 1. The third kappa shape index (κ3) is 4.92. The summed E-state index contributed by atoms with van der Waals surface area (Å²) < 4.78 is 31.9. The second kappa shape index (κ2) is 7.29. The van der Waals surface area contributed by atoms with Gasteiger partial charge in [-0.2, -0.15) is 0 Å². The Morgan fingerprint density at radius 1 is 1.35 bits per heavy atom. The number of sulfonamides is 1. The molecule has 1 atom stereocenters. The number of rotatable bonds is 5. The van der Waals surface area contributed by atoms with Gasteiger partial charge >= 0.3 is 6.09 Å². The van der Waals surface area contributed by atoms with E-state index in [0.717, 1.165) is 25.9 Å². The molecule has 1 aliphatic rings. The van der Waals surface area contributed by atoms with Crippen LogP contribution in [0.3, 0.4) is 0 Å². The quantitative estimate of drug-likeness (QED) is 0.755. The molecule has 1 heterocycles. The summed E-state index contributed by atoms with van der Waals surface area (Å²) in [4.78, 5) is 11.3. The largest absolute Gasteiger partial charge is 0.453 e. The first-order chi connectivity index (χ1) is 10.8. The molecule has 1 amide bonds. The van der Waals surface area contributed by atoms with Crippen LogP contribution in [0.2, 0.25) is 0 Å². The first kappa shape index (κ1) is 17.7. The monoisotopic (exact) mass is 341 g/mol. The zero-order valence-electron chi connectivity index (χ0n) is 13.4. The third-order valence-electron chi connectivity index (χ3n) is 3.97. The Bertz CT molecular complexity index is 637. The van der Waals surface area contributed by atoms with Crippen molar-refractivity contribution in [2.24, 2.45) is 5.41 Å². The van der Waals surface area contributed by atoms with Crippen molar-refractivity contribution < 1.29 is 17.9 Å². The molecule has 0 radical (unpaired) electrons. The number of carbonyl (C=O) groups is 1.